The Morgan fingerprint density at radius 1 is 1.12 bits per heavy atom. The number of anilines is 1. The van der Waals surface area contributed by atoms with Crippen molar-refractivity contribution in [2.45, 2.75) is 51.9 Å². The third-order valence-corrected chi connectivity index (χ3v) is 5.67. The van der Waals surface area contributed by atoms with Crippen LogP contribution < -0.4 is 5.32 Å². The summed E-state index contributed by atoms with van der Waals surface area (Å²) in [7, 11) is 1.74. The molecule has 1 fully saturated rings. The standard InChI is InChI=1S/C23H29N7O2/c1-14-10-18(32-29-14)17-13-25-21(23(2,3)4)28-19(17)15-6-8-30(9-7-15)20(31)16-11-26-22(24-5)27-12-16/h10-13,15H,6-9H2,1-5H3,(H,24,26,27). The molecule has 9 nitrogen and oxygen atoms in total. The number of piperidine rings is 1. The lowest BCUT2D eigenvalue weighted by Gasteiger charge is -2.32. The van der Waals surface area contributed by atoms with Gasteiger partial charge in [0.15, 0.2) is 5.76 Å². The van der Waals surface area contributed by atoms with Crippen LogP contribution in [0.25, 0.3) is 11.3 Å². The highest BCUT2D eigenvalue weighted by atomic mass is 16.5. The molecular weight excluding hydrogens is 406 g/mol. The van der Waals surface area contributed by atoms with Crippen LogP contribution in [0.1, 0.15) is 67.1 Å². The molecule has 0 bridgehead atoms. The summed E-state index contributed by atoms with van der Waals surface area (Å²) in [6.45, 7) is 9.49. The fourth-order valence-electron chi connectivity index (χ4n) is 3.85. The normalized spacial score (nSPS) is 15.1. The molecule has 0 radical (unpaired) electrons. The van der Waals surface area contributed by atoms with Crippen LogP contribution in [0.15, 0.2) is 29.2 Å². The molecule has 4 heterocycles. The maximum Gasteiger partial charge on any atom is 0.256 e. The Labute approximate surface area is 187 Å². The zero-order valence-corrected chi connectivity index (χ0v) is 19.2. The molecule has 168 valence electrons. The lowest BCUT2D eigenvalue weighted by Crippen LogP contribution is -2.38. The number of rotatable bonds is 4. The molecule has 1 amide bonds. The molecule has 1 aliphatic rings. The molecule has 32 heavy (non-hydrogen) atoms. The molecule has 0 aromatic carbocycles. The van der Waals surface area contributed by atoms with Gasteiger partial charge in [-0.2, -0.15) is 0 Å². The van der Waals surface area contributed by atoms with Gasteiger partial charge in [0.05, 0.1) is 22.5 Å². The second-order valence-corrected chi connectivity index (χ2v) is 9.19. The number of hydrogen-bond acceptors (Lipinski definition) is 8. The van der Waals surface area contributed by atoms with Crippen molar-refractivity contribution >= 4 is 11.9 Å². The first-order valence-corrected chi connectivity index (χ1v) is 10.9. The van der Waals surface area contributed by atoms with Crippen molar-refractivity contribution in [3.05, 3.63) is 47.4 Å². The molecule has 0 aliphatic carbocycles. The van der Waals surface area contributed by atoms with E-state index in [9.17, 15) is 4.79 Å². The number of amides is 1. The van der Waals surface area contributed by atoms with Crippen LogP contribution in [0.5, 0.6) is 0 Å². The SMILES string of the molecule is CNc1ncc(C(=O)N2CCC(c3nc(C(C)(C)C)ncc3-c3cc(C)no3)CC2)cn1. The highest BCUT2D eigenvalue weighted by Gasteiger charge is 2.30. The number of likely N-dealkylation sites (tertiary alicyclic amines) is 1. The van der Waals surface area contributed by atoms with Gasteiger partial charge in [-0.15, -0.1) is 0 Å². The van der Waals surface area contributed by atoms with Gasteiger partial charge in [0.1, 0.15) is 5.82 Å². The molecule has 0 spiro atoms. The van der Waals surface area contributed by atoms with Crippen LogP contribution in [-0.2, 0) is 5.41 Å². The van der Waals surface area contributed by atoms with Gasteiger partial charge in [-0.3, -0.25) is 4.79 Å². The van der Waals surface area contributed by atoms with E-state index in [0.29, 0.717) is 30.4 Å². The predicted molar refractivity (Wildman–Crippen MR) is 120 cm³/mol. The van der Waals surface area contributed by atoms with E-state index in [4.69, 9.17) is 9.51 Å². The van der Waals surface area contributed by atoms with Crippen molar-refractivity contribution < 1.29 is 9.32 Å². The molecule has 1 aliphatic heterocycles. The van der Waals surface area contributed by atoms with E-state index in [1.54, 1.807) is 19.4 Å². The minimum Gasteiger partial charge on any atom is -0.357 e. The summed E-state index contributed by atoms with van der Waals surface area (Å²) in [5, 5.41) is 6.89. The van der Waals surface area contributed by atoms with Crippen LogP contribution in [0.2, 0.25) is 0 Å². The Balaban J connectivity index is 1.56. The van der Waals surface area contributed by atoms with Crippen LogP contribution in [0.4, 0.5) is 5.95 Å². The van der Waals surface area contributed by atoms with Crippen LogP contribution in [0.3, 0.4) is 0 Å². The minimum absolute atomic E-state index is 0.0461. The average Bonchev–Trinajstić information content (AvgIpc) is 3.24. The second kappa shape index (κ2) is 8.64. The van der Waals surface area contributed by atoms with Gasteiger partial charge >= 0.3 is 0 Å². The molecule has 0 saturated carbocycles. The Morgan fingerprint density at radius 3 is 2.38 bits per heavy atom. The zero-order chi connectivity index (χ0) is 22.9. The average molecular weight is 436 g/mol. The monoisotopic (exact) mass is 435 g/mol. The lowest BCUT2D eigenvalue weighted by atomic mass is 9.88. The summed E-state index contributed by atoms with van der Waals surface area (Å²) in [6, 6.07) is 1.91. The van der Waals surface area contributed by atoms with Gasteiger partial charge in [-0.25, -0.2) is 19.9 Å². The number of aryl methyl sites for hydroxylation is 1. The van der Waals surface area contributed by atoms with Gasteiger partial charge in [-0.1, -0.05) is 25.9 Å². The van der Waals surface area contributed by atoms with E-state index < -0.39 is 0 Å². The van der Waals surface area contributed by atoms with Crippen LogP contribution in [-0.4, -0.2) is 56.0 Å². The van der Waals surface area contributed by atoms with Crippen molar-refractivity contribution in [3.63, 3.8) is 0 Å². The van der Waals surface area contributed by atoms with Crippen molar-refractivity contribution in [1.29, 1.82) is 0 Å². The number of carbonyl (C=O) groups excluding carboxylic acids is 1. The quantitative estimate of drug-likeness (QED) is 0.662. The Kier molecular flexibility index (Phi) is 5.90. The largest absolute Gasteiger partial charge is 0.357 e. The first-order chi connectivity index (χ1) is 15.3. The van der Waals surface area contributed by atoms with Crippen molar-refractivity contribution in [2.24, 2.45) is 0 Å². The van der Waals surface area contributed by atoms with Gasteiger partial charge < -0.3 is 14.7 Å². The molecule has 1 saturated heterocycles. The second-order valence-electron chi connectivity index (χ2n) is 9.19. The van der Waals surface area contributed by atoms with E-state index >= 15 is 0 Å². The number of hydrogen-bond donors (Lipinski definition) is 1. The Bertz CT molecular complexity index is 1090. The highest BCUT2D eigenvalue weighted by molar-refractivity contribution is 5.93. The molecular formula is C23H29N7O2. The predicted octanol–water partition coefficient (Wildman–Crippen LogP) is 3.59. The zero-order valence-electron chi connectivity index (χ0n) is 19.2. The van der Waals surface area contributed by atoms with E-state index in [2.05, 4.69) is 46.2 Å². The Hall–Kier alpha value is -3.36. The summed E-state index contributed by atoms with van der Waals surface area (Å²) in [4.78, 5) is 32.6. The molecule has 1 N–H and O–H groups in total. The van der Waals surface area contributed by atoms with E-state index in [1.165, 1.54) is 0 Å². The number of nitrogens with one attached hydrogen (secondary N) is 1. The maximum absolute atomic E-state index is 12.9. The molecule has 4 rings (SSSR count). The summed E-state index contributed by atoms with van der Waals surface area (Å²) in [6.07, 6.45) is 6.60. The van der Waals surface area contributed by atoms with Crippen molar-refractivity contribution in [3.8, 4) is 11.3 Å². The van der Waals surface area contributed by atoms with Gasteiger partial charge in [0, 0.05) is 56.1 Å². The smallest absolute Gasteiger partial charge is 0.256 e. The Morgan fingerprint density at radius 2 is 1.81 bits per heavy atom. The molecule has 3 aromatic rings. The van der Waals surface area contributed by atoms with Gasteiger partial charge in [-0.05, 0) is 19.8 Å². The van der Waals surface area contributed by atoms with Crippen molar-refractivity contribution in [1.82, 2.24) is 30.0 Å². The first-order valence-electron chi connectivity index (χ1n) is 10.9. The topological polar surface area (TPSA) is 110 Å². The summed E-state index contributed by atoms with van der Waals surface area (Å²) < 4.78 is 5.53. The molecule has 3 aromatic heterocycles. The van der Waals surface area contributed by atoms with E-state index in [-0.39, 0.29) is 17.2 Å². The summed E-state index contributed by atoms with van der Waals surface area (Å²) >= 11 is 0. The number of carbonyl (C=O) groups is 1. The third kappa shape index (κ3) is 4.46. The fraction of sp³-hybridized carbons (Fsp3) is 0.478. The number of aromatic nitrogens is 5. The molecule has 9 heteroatoms. The van der Waals surface area contributed by atoms with E-state index in [1.807, 2.05) is 24.1 Å². The maximum atomic E-state index is 12.9. The van der Waals surface area contributed by atoms with Crippen molar-refractivity contribution in [2.75, 3.05) is 25.5 Å². The van der Waals surface area contributed by atoms with Crippen LogP contribution >= 0.6 is 0 Å². The minimum atomic E-state index is -0.166. The van der Waals surface area contributed by atoms with Crippen LogP contribution in [0, 0.1) is 6.92 Å². The molecule has 0 unspecified atom stereocenters. The molecule has 0 atom stereocenters. The highest BCUT2D eigenvalue weighted by Crippen LogP contribution is 2.35. The lowest BCUT2D eigenvalue weighted by molar-refractivity contribution is 0.0711. The summed E-state index contributed by atoms with van der Waals surface area (Å²) in [5.41, 5.74) is 2.99. The fourth-order valence-corrected chi connectivity index (χ4v) is 3.85. The van der Waals surface area contributed by atoms with Gasteiger partial charge in [0.2, 0.25) is 5.95 Å². The summed E-state index contributed by atoms with van der Waals surface area (Å²) in [5.74, 6) is 2.13. The number of nitrogens with zero attached hydrogens (tertiary/aromatic N) is 6. The first kappa shape index (κ1) is 21.9. The van der Waals surface area contributed by atoms with E-state index in [0.717, 1.165) is 35.6 Å². The third-order valence-electron chi connectivity index (χ3n) is 5.67. The van der Waals surface area contributed by atoms with Gasteiger partial charge in [0.25, 0.3) is 5.91 Å².